The zero-order chi connectivity index (χ0) is 20.5. The highest BCUT2D eigenvalue weighted by Crippen LogP contribution is 2.25. The van der Waals surface area contributed by atoms with Gasteiger partial charge in [-0.1, -0.05) is 5.04 Å². The first-order valence-electron chi connectivity index (χ1n) is 8.46. The monoisotopic (exact) mass is 410 g/mol. The van der Waals surface area contributed by atoms with Gasteiger partial charge in [-0.05, 0) is 79.2 Å². The van der Waals surface area contributed by atoms with Crippen molar-refractivity contribution in [2.45, 2.75) is 11.8 Å². The van der Waals surface area contributed by atoms with Crippen molar-refractivity contribution >= 4 is 41.2 Å². The second-order valence-electron chi connectivity index (χ2n) is 5.81. The number of anilines is 1. The summed E-state index contributed by atoms with van der Waals surface area (Å²) in [6, 6.07) is 19.7. The average Bonchev–Trinajstić information content (AvgIpc) is 2.73. The number of ether oxygens (including phenoxy) is 1. The number of nitrogens with two attached hydrogens (primary N) is 1. The number of rotatable bonds is 8. The lowest BCUT2D eigenvalue weighted by Gasteiger charge is -2.01. The van der Waals surface area contributed by atoms with E-state index in [1.165, 1.54) is 6.40 Å². The molecule has 3 rings (SSSR count). The number of hydrogen-bond acceptors (Lipinski definition) is 9. The molecule has 0 aliphatic heterocycles. The fourth-order valence-electron chi connectivity index (χ4n) is 2.28. The van der Waals surface area contributed by atoms with Gasteiger partial charge in [-0.25, -0.2) is 10.2 Å². The van der Waals surface area contributed by atoms with Gasteiger partial charge in [0.2, 0.25) is 0 Å². The number of nitrogens with zero attached hydrogens (tertiary/aromatic N) is 3. The van der Waals surface area contributed by atoms with E-state index in [9.17, 15) is 0 Å². The van der Waals surface area contributed by atoms with E-state index in [2.05, 4.69) is 24.6 Å². The lowest BCUT2D eigenvalue weighted by atomic mass is 10.2. The van der Waals surface area contributed by atoms with Crippen molar-refractivity contribution in [3.05, 3.63) is 72.3 Å². The summed E-state index contributed by atoms with van der Waals surface area (Å²) >= 11 is 0.877. The molecule has 0 bridgehead atoms. The quantitative estimate of drug-likeness (QED) is 0.0875. The minimum absolute atomic E-state index is 0.622. The highest BCUT2D eigenvalue weighted by atomic mass is 32.2. The van der Waals surface area contributed by atoms with Gasteiger partial charge in [-0.2, -0.15) is 10.2 Å². The Bertz CT molecular complexity index is 992. The highest BCUT2D eigenvalue weighted by molar-refractivity contribution is 7.94. The van der Waals surface area contributed by atoms with Gasteiger partial charge in [0.15, 0.2) is 6.40 Å². The smallest absolute Gasteiger partial charge is 0.181 e. The Labute approximate surface area is 171 Å². The maximum atomic E-state index is 8.13. The molecule has 0 unspecified atom stereocenters. The van der Waals surface area contributed by atoms with Gasteiger partial charge in [0.05, 0.1) is 29.1 Å². The van der Waals surface area contributed by atoms with Crippen molar-refractivity contribution in [3.63, 3.8) is 0 Å². The third-order valence-electron chi connectivity index (χ3n) is 3.72. The van der Waals surface area contributed by atoms with Crippen molar-refractivity contribution in [2.24, 2.45) is 15.2 Å². The predicted octanol–water partition coefficient (Wildman–Crippen LogP) is 6.16. The molecule has 0 heterocycles. The van der Waals surface area contributed by atoms with E-state index in [1.807, 2.05) is 19.1 Å². The number of nitrogen functional groups attached to an aromatic ring is 1. The standard InChI is InChI=1S/C20H18N4O4S/c1-14-12-15(21)2-11-20(14)24-23-17-3-7-18(8-4-17)26-13-22-16-5-9-19(10-6-16)29-28-27-25/h2-13,25H,21H2,1H3. The maximum Gasteiger partial charge on any atom is 0.181 e. The van der Waals surface area contributed by atoms with Gasteiger partial charge in [0, 0.05) is 10.6 Å². The zero-order valence-electron chi connectivity index (χ0n) is 15.4. The van der Waals surface area contributed by atoms with Crippen LogP contribution in [0.1, 0.15) is 5.56 Å². The van der Waals surface area contributed by atoms with Crippen LogP contribution in [0.2, 0.25) is 0 Å². The minimum atomic E-state index is 0.622. The Kier molecular flexibility index (Phi) is 7.31. The molecule has 0 saturated heterocycles. The number of aryl methyl sites for hydroxylation is 1. The summed E-state index contributed by atoms with van der Waals surface area (Å²) in [5.74, 6) is 0.622. The van der Waals surface area contributed by atoms with E-state index in [0.717, 1.165) is 28.2 Å². The summed E-state index contributed by atoms with van der Waals surface area (Å²) in [5.41, 5.74) is 9.57. The van der Waals surface area contributed by atoms with E-state index < -0.39 is 0 Å². The molecule has 0 spiro atoms. The predicted molar refractivity (Wildman–Crippen MR) is 112 cm³/mol. The maximum absolute atomic E-state index is 8.13. The van der Waals surface area contributed by atoms with Crippen LogP contribution in [0.25, 0.3) is 0 Å². The number of aliphatic imine (C=N–C) groups is 1. The molecule has 0 radical (unpaired) electrons. The molecule has 3 N–H and O–H groups in total. The van der Waals surface area contributed by atoms with Crippen LogP contribution in [-0.2, 0) is 9.37 Å². The molecule has 8 nitrogen and oxygen atoms in total. The zero-order valence-corrected chi connectivity index (χ0v) is 16.2. The fraction of sp³-hybridized carbons (Fsp3) is 0.0500. The Morgan fingerprint density at radius 1 is 0.931 bits per heavy atom. The fourth-order valence-corrected chi connectivity index (χ4v) is 2.64. The molecule has 29 heavy (non-hydrogen) atoms. The summed E-state index contributed by atoms with van der Waals surface area (Å²) in [4.78, 5) is 4.96. The molecular weight excluding hydrogens is 392 g/mol. The molecule has 0 amide bonds. The Morgan fingerprint density at radius 3 is 2.34 bits per heavy atom. The Balaban J connectivity index is 1.55. The van der Waals surface area contributed by atoms with Crippen molar-refractivity contribution in [1.82, 2.24) is 0 Å². The molecule has 0 saturated carbocycles. The summed E-state index contributed by atoms with van der Waals surface area (Å²) in [6.45, 7) is 1.94. The molecule has 9 heteroatoms. The lowest BCUT2D eigenvalue weighted by Crippen LogP contribution is -1.88. The van der Waals surface area contributed by atoms with Gasteiger partial charge < -0.3 is 10.5 Å². The SMILES string of the molecule is Cc1cc(N)ccc1N=Nc1ccc(OC=Nc2ccc(SOOO)cc2)cc1. The van der Waals surface area contributed by atoms with Crippen molar-refractivity contribution < 1.29 is 19.4 Å². The summed E-state index contributed by atoms with van der Waals surface area (Å²) in [7, 11) is 0. The molecule has 0 fully saturated rings. The van der Waals surface area contributed by atoms with Crippen LogP contribution in [0.5, 0.6) is 5.75 Å². The molecule has 0 aliphatic carbocycles. The van der Waals surface area contributed by atoms with Gasteiger partial charge in [-0.3, -0.25) is 0 Å². The Morgan fingerprint density at radius 2 is 1.66 bits per heavy atom. The minimum Gasteiger partial charge on any atom is -0.446 e. The summed E-state index contributed by atoms with van der Waals surface area (Å²) in [5, 5.41) is 20.1. The Hall–Kier alpha value is -3.24. The van der Waals surface area contributed by atoms with Crippen molar-refractivity contribution in [3.8, 4) is 5.75 Å². The van der Waals surface area contributed by atoms with E-state index in [0.29, 0.717) is 22.8 Å². The van der Waals surface area contributed by atoms with Crippen LogP contribution in [-0.4, -0.2) is 11.7 Å². The highest BCUT2D eigenvalue weighted by Gasteiger charge is 1.99. The molecule has 0 atom stereocenters. The third kappa shape index (κ3) is 6.40. The van der Waals surface area contributed by atoms with Gasteiger partial charge >= 0.3 is 0 Å². The van der Waals surface area contributed by atoms with E-state index in [-0.39, 0.29) is 0 Å². The molecular formula is C20H18N4O4S. The first-order chi connectivity index (χ1) is 14.1. The van der Waals surface area contributed by atoms with E-state index in [1.54, 1.807) is 54.6 Å². The van der Waals surface area contributed by atoms with Crippen LogP contribution in [0.3, 0.4) is 0 Å². The van der Waals surface area contributed by atoms with Crippen molar-refractivity contribution in [1.29, 1.82) is 0 Å². The van der Waals surface area contributed by atoms with Crippen molar-refractivity contribution in [2.75, 3.05) is 5.73 Å². The van der Waals surface area contributed by atoms with Crippen LogP contribution in [0.15, 0.2) is 86.8 Å². The van der Waals surface area contributed by atoms with Crippen LogP contribution >= 0.6 is 12.0 Å². The number of hydrogen-bond donors (Lipinski definition) is 2. The summed E-state index contributed by atoms with van der Waals surface area (Å²) < 4.78 is 9.84. The van der Waals surface area contributed by atoms with E-state index in [4.69, 9.17) is 15.7 Å². The molecule has 0 aliphatic rings. The molecule has 0 aromatic heterocycles. The lowest BCUT2D eigenvalue weighted by molar-refractivity contribution is -0.432. The van der Waals surface area contributed by atoms with Gasteiger partial charge in [0.25, 0.3) is 0 Å². The normalized spacial score (nSPS) is 11.4. The van der Waals surface area contributed by atoms with Gasteiger partial charge in [-0.15, -0.1) is 4.33 Å². The first-order valence-corrected chi connectivity index (χ1v) is 9.20. The van der Waals surface area contributed by atoms with Crippen LogP contribution < -0.4 is 10.5 Å². The molecule has 3 aromatic rings. The second-order valence-corrected chi connectivity index (χ2v) is 6.59. The van der Waals surface area contributed by atoms with Crippen LogP contribution in [0.4, 0.5) is 22.7 Å². The van der Waals surface area contributed by atoms with Gasteiger partial charge in [0.1, 0.15) is 5.75 Å². The number of benzene rings is 3. The second kappa shape index (κ2) is 10.3. The van der Waals surface area contributed by atoms with Crippen LogP contribution in [0, 0.1) is 6.92 Å². The number of azo groups is 1. The third-order valence-corrected chi connectivity index (χ3v) is 4.31. The first kappa shape index (κ1) is 20.5. The topological polar surface area (TPSA) is 111 Å². The summed E-state index contributed by atoms with van der Waals surface area (Å²) in [6.07, 6.45) is 1.35. The average molecular weight is 410 g/mol. The largest absolute Gasteiger partial charge is 0.446 e. The molecule has 3 aromatic carbocycles. The van der Waals surface area contributed by atoms with E-state index >= 15 is 0 Å². The molecule has 148 valence electrons.